The second kappa shape index (κ2) is 5.54. The summed E-state index contributed by atoms with van der Waals surface area (Å²) in [5.41, 5.74) is 0.942. The molecule has 1 saturated carbocycles. The predicted octanol–water partition coefficient (Wildman–Crippen LogP) is 1.92. The lowest BCUT2D eigenvalue weighted by atomic mass is 9.79. The van der Waals surface area contributed by atoms with E-state index in [9.17, 15) is 9.59 Å². The van der Waals surface area contributed by atoms with Gasteiger partial charge in [0.15, 0.2) is 0 Å². The highest BCUT2D eigenvalue weighted by molar-refractivity contribution is 7.77. The third-order valence-electron chi connectivity index (χ3n) is 3.09. The molecule has 0 aromatic carbocycles. The standard InChI is InChI=1S/C11H14BNO2P/c14-7-16-11-12-6-9(13-11)4-5-10(15)8-2-1-3-8/h6-8,16H,1-5H2. The van der Waals surface area contributed by atoms with E-state index >= 15 is 0 Å². The van der Waals surface area contributed by atoms with Crippen LogP contribution in [0.4, 0.5) is 0 Å². The molecule has 0 spiro atoms. The Labute approximate surface area is 97.8 Å². The lowest BCUT2D eigenvalue weighted by Gasteiger charge is -2.23. The Bertz CT molecular complexity index is 361. The molecule has 0 amide bonds. The molecular weight excluding hydrogens is 220 g/mol. The van der Waals surface area contributed by atoms with E-state index in [0.29, 0.717) is 18.1 Å². The molecule has 2 rings (SSSR count). The molecule has 83 valence electrons. The van der Waals surface area contributed by atoms with Crippen LogP contribution in [0.2, 0.25) is 0 Å². The van der Waals surface area contributed by atoms with Crippen molar-refractivity contribution in [1.29, 1.82) is 0 Å². The monoisotopic (exact) mass is 234 g/mol. The van der Waals surface area contributed by atoms with Crippen LogP contribution in [-0.2, 0) is 9.59 Å². The summed E-state index contributed by atoms with van der Waals surface area (Å²) in [5.74, 6) is 2.62. The van der Waals surface area contributed by atoms with Gasteiger partial charge in [0.05, 0.1) is 0 Å². The summed E-state index contributed by atoms with van der Waals surface area (Å²) >= 11 is 0. The molecule has 0 saturated heterocycles. The zero-order valence-corrected chi connectivity index (χ0v) is 10.1. The van der Waals surface area contributed by atoms with Crippen molar-refractivity contribution in [2.45, 2.75) is 32.1 Å². The van der Waals surface area contributed by atoms with E-state index in [1.807, 2.05) is 13.3 Å². The first-order chi connectivity index (χ1) is 7.79. The summed E-state index contributed by atoms with van der Waals surface area (Å²) in [6.45, 7) is 0. The molecule has 1 radical (unpaired) electrons. The highest BCUT2D eigenvalue weighted by Crippen LogP contribution is 2.29. The van der Waals surface area contributed by atoms with Crippen molar-refractivity contribution in [3.63, 3.8) is 0 Å². The first-order valence-electron chi connectivity index (χ1n) is 5.65. The average Bonchev–Trinajstić information content (AvgIpc) is 2.61. The van der Waals surface area contributed by atoms with Crippen molar-refractivity contribution in [2.24, 2.45) is 10.9 Å². The van der Waals surface area contributed by atoms with Crippen molar-refractivity contribution in [2.75, 3.05) is 0 Å². The van der Waals surface area contributed by atoms with Crippen LogP contribution in [0.5, 0.6) is 0 Å². The summed E-state index contributed by atoms with van der Waals surface area (Å²) in [5, 5.41) is 0.834. The number of hydrogen-bond acceptors (Lipinski definition) is 3. The maximum Gasteiger partial charge on any atom is 0.210 e. The number of allylic oxidation sites excluding steroid dienone is 1. The number of carbonyl (C=O) groups excluding carboxylic acids is 2. The summed E-state index contributed by atoms with van der Waals surface area (Å²) in [6.07, 6.45) is 4.68. The maximum atomic E-state index is 11.6. The van der Waals surface area contributed by atoms with Crippen molar-refractivity contribution in [3.05, 3.63) is 11.7 Å². The Morgan fingerprint density at radius 3 is 3.06 bits per heavy atom. The molecule has 1 aliphatic carbocycles. The molecule has 0 aromatic rings. The molecule has 1 aliphatic heterocycles. The number of nitrogens with zero attached hydrogens (tertiary/aromatic N) is 1. The Hall–Kier alpha value is -0.755. The number of rotatable bonds is 6. The number of carbonyl (C=O) groups is 2. The molecule has 0 bridgehead atoms. The second-order valence-electron chi connectivity index (χ2n) is 4.18. The van der Waals surface area contributed by atoms with Gasteiger partial charge in [-0.2, -0.15) is 0 Å². The molecule has 0 N–H and O–H groups in total. The van der Waals surface area contributed by atoms with E-state index in [1.54, 1.807) is 0 Å². The van der Waals surface area contributed by atoms with Crippen LogP contribution >= 0.6 is 8.58 Å². The minimum Gasteiger partial charge on any atom is -0.299 e. The molecule has 1 atom stereocenters. The van der Waals surface area contributed by atoms with Crippen molar-refractivity contribution in [3.8, 4) is 0 Å². The maximum absolute atomic E-state index is 11.6. The third-order valence-corrected chi connectivity index (χ3v) is 3.78. The van der Waals surface area contributed by atoms with Crippen LogP contribution in [0.1, 0.15) is 32.1 Å². The summed E-state index contributed by atoms with van der Waals surface area (Å²) in [6, 6.07) is 0.881. The summed E-state index contributed by atoms with van der Waals surface area (Å²) < 4.78 is 0. The topological polar surface area (TPSA) is 46.5 Å². The quantitative estimate of drug-likeness (QED) is 0.400. The largest absolute Gasteiger partial charge is 0.299 e. The number of Topliss-reactive ketones (excluding diaryl/α,β-unsaturated/α-hetero) is 1. The van der Waals surface area contributed by atoms with Gasteiger partial charge in [0.1, 0.15) is 11.8 Å². The smallest absolute Gasteiger partial charge is 0.210 e. The Morgan fingerprint density at radius 2 is 2.44 bits per heavy atom. The van der Waals surface area contributed by atoms with Crippen LogP contribution < -0.4 is 0 Å². The molecule has 1 heterocycles. The van der Waals surface area contributed by atoms with E-state index in [4.69, 9.17) is 0 Å². The molecule has 16 heavy (non-hydrogen) atoms. The molecular formula is C11H14BNO2P. The van der Waals surface area contributed by atoms with E-state index < -0.39 is 0 Å². The van der Waals surface area contributed by atoms with Gasteiger partial charge in [-0.1, -0.05) is 12.4 Å². The SMILES string of the molecule is O=CPC1=NC(CCC(=O)C2CCC2)=C[B]1. The highest BCUT2D eigenvalue weighted by Gasteiger charge is 2.24. The van der Waals surface area contributed by atoms with Crippen LogP contribution in [0.3, 0.4) is 0 Å². The molecule has 1 fully saturated rings. The van der Waals surface area contributed by atoms with E-state index in [2.05, 4.69) is 4.99 Å². The van der Waals surface area contributed by atoms with E-state index in [1.165, 1.54) is 6.42 Å². The Balaban J connectivity index is 1.74. The Morgan fingerprint density at radius 1 is 1.62 bits per heavy atom. The Kier molecular flexibility index (Phi) is 4.06. The molecule has 2 aliphatic rings. The van der Waals surface area contributed by atoms with Gasteiger partial charge >= 0.3 is 0 Å². The first kappa shape index (κ1) is 11.7. The van der Waals surface area contributed by atoms with Gasteiger partial charge < -0.3 is 0 Å². The van der Waals surface area contributed by atoms with Gasteiger partial charge in [-0.05, 0) is 27.8 Å². The zero-order chi connectivity index (χ0) is 11.4. The fourth-order valence-corrected chi connectivity index (χ4v) is 2.38. The second-order valence-corrected chi connectivity index (χ2v) is 5.21. The van der Waals surface area contributed by atoms with Gasteiger partial charge in [-0.3, -0.25) is 14.6 Å². The minimum atomic E-state index is 0.137. The number of hydrogen-bond donors (Lipinski definition) is 0. The van der Waals surface area contributed by atoms with Gasteiger partial charge in [-0.15, -0.1) is 0 Å². The van der Waals surface area contributed by atoms with Gasteiger partial charge in [0.2, 0.25) is 7.28 Å². The summed E-state index contributed by atoms with van der Waals surface area (Å²) in [7, 11) is 2.01. The van der Waals surface area contributed by atoms with Crippen LogP contribution in [0, 0.1) is 5.92 Å². The van der Waals surface area contributed by atoms with Crippen molar-refractivity contribution >= 4 is 33.0 Å². The van der Waals surface area contributed by atoms with Crippen molar-refractivity contribution in [1.82, 2.24) is 0 Å². The van der Waals surface area contributed by atoms with Crippen LogP contribution in [0.15, 0.2) is 16.7 Å². The molecule has 3 nitrogen and oxygen atoms in total. The number of ketones is 1. The molecule has 5 heteroatoms. The van der Waals surface area contributed by atoms with Crippen LogP contribution in [0.25, 0.3) is 0 Å². The molecule has 0 aromatic heterocycles. The van der Waals surface area contributed by atoms with Gasteiger partial charge in [0, 0.05) is 23.4 Å². The van der Waals surface area contributed by atoms with Gasteiger partial charge in [-0.25, -0.2) is 0 Å². The lowest BCUT2D eigenvalue weighted by Crippen LogP contribution is -2.21. The van der Waals surface area contributed by atoms with E-state index in [0.717, 1.165) is 36.3 Å². The van der Waals surface area contributed by atoms with Crippen molar-refractivity contribution < 1.29 is 9.59 Å². The number of aliphatic imine (C=N–C) groups is 1. The minimum absolute atomic E-state index is 0.137. The highest BCUT2D eigenvalue weighted by atomic mass is 31.1. The zero-order valence-electron chi connectivity index (χ0n) is 9.11. The first-order valence-corrected chi connectivity index (χ1v) is 6.73. The predicted molar refractivity (Wildman–Crippen MR) is 67.9 cm³/mol. The average molecular weight is 234 g/mol. The third kappa shape index (κ3) is 2.88. The fraction of sp³-hybridized carbons (Fsp3) is 0.545. The van der Waals surface area contributed by atoms with E-state index in [-0.39, 0.29) is 8.58 Å². The fourth-order valence-electron chi connectivity index (χ4n) is 1.87. The normalized spacial score (nSPS) is 20.2. The molecule has 1 unspecified atom stereocenters. The lowest BCUT2D eigenvalue weighted by molar-refractivity contribution is -0.125. The van der Waals surface area contributed by atoms with Crippen LogP contribution in [-0.4, -0.2) is 24.4 Å². The van der Waals surface area contributed by atoms with Gasteiger partial charge in [0.25, 0.3) is 0 Å². The summed E-state index contributed by atoms with van der Waals surface area (Å²) in [4.78, 5) is 26.3.